The van der Waals surface area contributed by atoms with Crippen LogP contribution in [0.15, 0.2) is 35.6 Å². The van der Waals surface area contributed by atoms with Gasteiger partial charge in [0.15, 0.2) is 5.65 Å². The van der Waals surface area contributed by atoms with E-state index in [0.29, 0.717) is 11.2 Å². The molecule has 0 unspecified atom stereocenters. The van der Waals surface area contributed by atoms with Crippen molar-refractivity contribution in [2.45, 2.75) is 39.2 Å². The summed E-state index contributed by atoms with van der Waals surface area (Å²) in [7, 11) is 0. The second kappa shape index (κ2) is 5.77. The smallest absolute Gasteiger partial charge is 0.278 e. The molecule has 3 heterocycles. The number of fused-ring (bicyclic) bond motifs is 1. The van der Waals surface area contributed by atoms with Crippen molar-refractivity contribution in [3.8, 4) is 0 Å². The Morgan fingerprint density at radius 2 is 2.04 bits per heavy atom. The number of hydrogen-bond donors (Lipinski definition) is 0. The Bertz CT molecular complexity index is 940. The van der Waals surface area contributed by atoms with Crippen LogP contribution in [0, 0.1) is 0 Å². The summed E-state index contributed by atoms with van der Waals surface area (Å²) in [5, 5.41) is 4.30. The molecule has 0 N–H and O–H groups in total. The van der Waals surface area contributed by atoms with Gasteiger partial charge in [-0.25, -0.2) is 18.6 Å². The maximum atomic E-state index is 13.1. The Kier molecular flexibility index (Phi) is 3.90. The predicted octanol–water partition coefficient (Wildman–Crippen LogP) is 2.57. The minimum absolute atomic E-state index is 0.0192. The molecule has 0 aliphatic heterocycles. The molecule has 0 bridgehead atoms. The molecular weight excluding hydrogens is 316 g/mol. The molecule has 0 atom stereocenters. The Morgan fingerprint density at radius 1 is 1.29 bits per heavy atom. The lowest BCUT2D eigenvalue weighted by Gasteiger charge is -2.13. The maximum absolute atomic E-state index is 13.1. The van der Waals surface area contributed by atoms with Crippen LogP contribution in [0.3, 0.4) is 0 Å². The summed E-state index contributed by atoms with van der Waals surface area (Å²) in [6, 6.07) is 3.23. The second-order valence-electron chi connectivity index (χ2n) is 6.58. The molecule has 3 rings (SSSR count). The van der Waals surface area contributed by atoms with Gasteiger partial charge in [-0.3, -0.25) is 9.55 Å². The third kappa shape index (κ3) is 2.91. The van der Waals surface area contributed by atoms with Gasteiger partial charge in [0.1, 0.15) is 6.33 Å². The van der Waals surface area contributed by atoms with Crippen LogP contribution in [0.1, 0.15) is 44.0 Å². The zero-order valence-electron chi connectivity index (χ0n) is 13.6. The Hall–Kier alpha value is -2.64. The van der Waals surface area contributed by atoms with Gasteiger partial charge in [-0.05, 0) is 11.6 Å². The molecule has 0 amide bonds. The average Bonchev–Trinajstić information content (AvgIpc) is 2.96. The first-order valence-corrected chi connectivity index (χ1v) is 7.44. The number of pyridine rings is 1. The first kappa shape index (κ1) is 16.2. The minimum atomic E-state index is -2.65. The molecule has 0 aliphatic rings. The first-order valence-electron chi connectivity index (χ1n) is 7.44. The van der Waals surface area contributed by atoms with Crippen LogP contribution >= 0.6 is 0 Å². The SMILES string of the molecule is CC(C)(C)c1cc2ncn(Cc3ccncc3C(F)F)c(=O)n2n1. The monoisotopic (exact) mass is 333 g/mol. The van der Waals surface area contributed by atoms with Gasteiger partial charge in [0.05, 0.1) is 12.2 Å². The van der Waals surface area contributed by atoms with Crippen LogP contribution in [-0.4, -0.2) is 24.1 Å². The third-order valence-electron chi connectivity index (χ3n) is 3.74. The highest BCUT2D eigenvalue weighted by molar-refractivity contribution is 5.39. The quantitative estimate of drug-likeness (QED) is 0.739. The van der Waals surface area contributed by atoms with Crippen LogP contribution < -0.4 is 5.69 Å². The van der Waals surface area contributed by atoms with Crippen molar-refractivity contribution in [3.63, 3.8) is 0 Å². The lowest BCUT2D eigenvalue weighted by atomic mass is 9.93. The summed E-state index contributed by atoms with van der Waals surface area (Å²) >= 11 is 0. The van der Waals surface area contributed by atoms with Crippen molar-refractivity contribution < 1.29 is 8.78 Å². The molecule has 0 saturated carbocycles. The standard InChI is InChI=1S/C16H17F2N5O/c1-16(2,3)12-6-13-20-9-22(15(24)23(13)21-12)8-10-4-5-19-7-11(10)14(17)18/h4-7,9,14H,8H2,1-3H3. The molecule has 6 nitrogen and oxygen atoms in total. The van der Waals surface area contributed by atoms with E-state index in [4.69, 9.17) is 0 Å². The average molecular weight is 333 g/mol. The maximum Gasteiger partial charge on any atom is 0.352 e. The van der Waals surface area contributed by atoms with Gasteiger partial charge in [-0.1, -0.05) is 20.8 Å². The summed E-state index contributed by atoms with van der Waals surface area (Å²) < 4.78 is 28.6. The summed E-state index contributed by atoms with van der Waals surface area (Å²) in [6.07, 6.45) is 1.23. The molecule has 0 radical (unpaired) electrons. The highest BCUT2D eigenvalue weighted by Crippen LogP contribution is 2.22. The zero-order valence-corrected chi connectivity index (χ0v) is 13.6. The molecule has 24 heavy (non-hydrogen) atoms. The number of hydrogen-bond acceptors (Lipinski definition) is 4. The normalized spacial score (nSPS) is 12.2. The Labute approximate surface area is 136 Å². The van der Waals surface area contributed by atoms with Crippen LogP contribution in [0.25, 0.3) is 5.65 Å². The van der Waals surface area contributed by atoms with E-state index in [1.165, 1.54) is 27.7 Å². The first-order chi connectivity index (χ1) is 11.3. The van der Waals surface area contributed by atoms with Crippen molar-refractivity contribution >= 4 is 5.65 Å². The highest BCUT2D eigenvalue weighted by Gasteiger charge is 2.20. The van der Waals surface area contributed by atoms with E-state index >= 15 is 0 Å². The second-order valence-corrected chi connectivity index (χ2v) is 6.58. The zero-order chi connectivity index (χ0) is 17.5. The Morgan fingerprint density at radius 3 is 2.71 bits per heavy atom. The summed E-state index contributed by atoms with van der Waals surface area (Å²) in [5.41, 5.74) is 0.658. The molecular formula is C16H17F2N5O. The van der Waals surface area contributed by atoms with Crippen LogP contribution in [0.4, 0.5) is 8.78 Å². The van der Waals surface area contributed by atoms with Crippen molar-refractivity contribution in [1.29, 1.82) is 0 Å². The summed E-state index contributed by atoms with van der Waals surface area (Å²) in [5.74, 6) is 0. The number of aromatic nitrogens is 5. The predicted molar refractivity (Wildman–Crippen MR) is 84.2 cm³/mol. The molecule has 3 aromatic rings. The Balaban J connectivity index is 2.06. The van der Waals surface area contributed by atoms with E-state index < -0.39 is 12.1 Å². The fraction of sp³-hybridized carbons (Fsp3) is 0.375. The molecule has 3 aromatic heterocycles. The van der Waals surface area contributed by atoms with Gasteiger partial charge in [-0.2, -0.15) is 9.61 Å². The number of halogens is 2. The number of alkyl halides is 2. The molecule has 0 aromatic carbocycles. The third-order valence-corrected chi connectivity index (χ3v) is 3.74. The van der Waals surface area contributed by atoms with Gasteiger partial charge in [-0.15, -0.1) is 0 Å². The van der Waals surface area contributed by atoms with E-state index in [9.17, 15) is 13.6 Å². The molecule has 8 heteroatoms. The topological polar surface area (TPSA) is 65.1 Å². The van der Waals surface area contributed by atoms with Gasteiger partial charge < -0.3 is 0 Å². The van der Waals surface area contributed by atoms with E-state index in [1.807, 2.05) is 20.8 Å². The number of nitrogens with zero attached hydrogens (tertiary/aromatic N) is 5. The van der Waals surface area contributed by atoms with Crippen LogP contribution in [0.5, 0.6) is 0 Å². The fourth-order valence-electron chi connectivity index (χ4n) is 2.34. The van der Waals surface area contributed by atoms with Gasteiger partial charge in [0, 0.05) is 29.4 Å². The number of rotatable bonds is 3. The van der Waals surface area contributed by atoms with Crippen molar-refractivity contribution in [3.05, 3.63) is 58.2 Å². The minimum Gasteiger partial charge on any atom is -0.278 e. The van der Waals surface area contributed by atoms with Gasteiger partial charge in [0.2, 0.25) is 0 Å². The van der Waals surface area contributed by atoms with Crippen molar-refractivity contribution in [2.24, 2.45) is 0 Å². The molecule has 126 valence electrons. The van der Waals surface area contributed by atoms with Gasteiger partial charge in [0.25, 0.3) is 6.43 Å². The van der Waals surface area contributed by atoms with Crippen molar-refractivity contribution in [2.75, 3.05) is 0 Å². The largest absolute Gasteiger partial charge is 0.352 e. The van der Waals surface area contributed by atoms with E-state index in [0.717, 1.165) is 11.9 Å². The molecule has 0 fully saturated rings. The van der Waals surface area contributed by atoms with Gasteiger partial charge >= 0.3 is 5.69 Å². The van der Waals surface area contributed by atoms with E-state index in [1.54, 1.807) is 6.07 Å². The molecule has 0 saturated heterocycles. The van der Waals surface area contributed by atoms with Crippen molar-refractivity contribution in [1.82, 2.24) is 24.1 Å². The van der Waals surface area contributed by atoms with E-state index in [-0.39, 0.29) is 17.5 Å². The highest BCUT2D eigenvalue weighted by atomic mass is 19.3. The molecule has 0 spiro atoms. The molecule has 0 aliphatic carbocycles. The van der Waals surface area contributed by atoms with Crippen LogP contribution in [0.2, 0.25) is 0 Å². The summed E-state index contributed by atoms with van der Waals surface area (Å²) in [6.45, 7) is 5.94. The lowest BCUT2D eigenvalue weighted by molar-refractivity contribution is 0.149. The summed E-state index contributed by atoms with van der Waals surface area (Å²) in [4.78, 5) is 20.5. The fourth-order valence-corrected chi connectivity index (χ4v) is 2.34. The lowest BCUT2D eigenvalue weighted by Crippen LogP contribution is -2.28. The van der Waals surface area contributed by atoms with E-state index in [2.05, 4.69) is 15.1 Å². The van der Waals surface area contributed by atoms with Crippen LogP contribution in [-0.2, 0) is 12.0 Å².